The zero-order chi connectivity index (χ0) is 14.2. The average molecular weight is 255 g/mol. The molecule has 0 bridgehead atoms. The van der Waals surface area contributed by atoms with Crippen molar-refractivity contribution in [3.63, 3.8) is 0 Å². The van der Waals surface area contributed by atoms with Gasteiger partial charge in [0.25, 0.3) is 5.91 Å². The third-order valence-electron chi connectivity index (χ3n) is 3.19. The van der Waals surface area contributed by atoms with Crippen LogP contribution < -0.4 is 5.73 Å². The second kappa shape index (κ2) is 4.80. The molecule has 2 N–H and O–H groups in total. The Hall–Kier alpha value is -2.23. The molecule has 1 aromatic heterocycles. The molecule has 4 nitrogen and oxygen atoms in total. The maximum atomic E-state index is 11.2. The van der Waals surface area contributed by atoms with Crippen LogP contribution >= 0.6 is 0 Å². The number of aryl methyl sites for hydroxylation is 4. The number of rotatable bonds is 2. The van der Waals surface area contributed by atoms with Crippen LogP contribution in [0.1, 0.15) is 33.0 Å². The maximum Gasteiger partial charge on any atom is 0.286 e. The molecular formula is C15H17N3O. The molecule has 2 aromatic rings. The van der Waals surface area contributed by atoms with Crippen molar-refractivity contribution in [2.24, 2.45) is 5.73 Å². The summed E-state index contributed by atoms with van der Waals surface area (Å²) in [5.41, 5.74) is 11.3. The number of carbonyl (C=O) groups is 1. The van der Waals surface area contributed by atoms with E-state index >= 15 is 0 Å². The van der Waals surface area contributed by atoms with Gasteiger partial charge in [0.05, 0.1) is 5.69 Å². The normalized spacial score (nSPS) is 10.5. The summed E-state index contributed by atoms with van der Waals surface area (Å²) in [4.78, 5) is 19.5. The van der Waals surface area contributed by atoms with Gasteiger partial charge in [-0.15, -0.1) is 0 Å². The number of benzene rings is 1. The molecule has 0 spiro atoms. The van der Waals surface area contributed by atoms with Crippen LogP contribution in [0.15, 0.2) is 18.2 Å². The Labute approximate surface area is 112 Å². The van der Waals surface area contributed by atoms with E-state index in [9.17, 15) is 4.79 Å². The van der Waals surface area contributed by atoms with Gasteiger partial charge in [0.15, 0.2) is 0 Å². The fourth-order valence-corrected chi connectivity index (χ4v) is 2.05. The Morgan fingerprint density at radius 3 is 2.21 bits per heavy atom. The first-order chi connectivity index (χ1) is 8.88. The fraction of sp³-hybridized carbons (Fsp3) is 0.267. The van der Waals surface area contributed by atoms with Gasteiger partial charge in [-0.2, -0.15) is 0 Å². The summed E-state index contributed by atoms with van der Waals surface area (Å²) in [5.74, 6) is -0.543. The number of hydrogen-bond acceptors (Lipinski definition) is 3. The summed E-state index contributed by atoms with van der Waals surface area (Å²) in [6.07, 6.45) is 0. The van der Waals surface area contributed by atoms with Crippen LogP contribution in [0.2, 0.25) is 0 Å². The van der Waals surface area contributed by atoms with E-state index in [1.165, 1.54) is 11.1 Å². The molecule has 4 heteroatoms. The molecule has 1 heterocycles. The Bertz CT molecular complexity index is 663. The van der Waals surface area contributed by atoms with Crippen LogP contribution in [0, 0.1) is 27.7 Å². The summed E-state index contributed by atoms with van der Waals surface area (Å²) in [5, 5.41) is 0. The summed E-state index contributed by atoms with van der Waals surface area (Å²) >= 11 is 0. The molecule has 0 aliphatic rings. The van der Waals surface area contributed by atoms with Crippen molar-refractivity contribution in [2.75, 3.05) is 0 Å². The topological polar surface area (TPSA) is 68.9 Å². The molecule has 19 heavy (non-hydrogen) atoms. The fourth-order valence-electron chi connectivity index (χ4n) is 2.05. The second-order valence-electron chi connectivity index (χ2n) is 4.83. The lowest BCUT2D eigenvalue weighted by molar-refractivity contribution is 0.0990. The number of carbonyl (C=O) groups excluding carboxylic acids is 1. The molecule has 0 saturated carbocycles. The van der Waals surface area contributed by atoms with Crippen molar-refractivity contribution < 1.29 is 4.79 Å². The van der Waals surface area contributed by atoms with Gasteiger partial charge >= 0.3 is 0 Å². The number of hydrogen-bond donors (Lipinski definition) is 1. The highest BCUT2D eigenvalue weighted by Gasteiger charge is 2.11. The summed E-state index contributed by atoms with van der Waals surface area (Å²) in [6.45, 7) is 7.99. The summed E-state index contributed by atoms with van der Waals surface area (Å²) < 4.78 is 0. The quantitative estimate of drug-likeness (QED) is 0.896. The second-order valence-corrected chi connectivity index (χ2v) is 4.83. The van der Waals surface area contributed by atoms with E-state index in [-0.39, 0.29) is 5.82 Å². The minimum atomic E-state index is -0.605. The van der Waals surface area contributed by atoms with Gasteiger partial charge in [0.1, 0.15) is 0 Å². The lowest BCUT2D eigenvalue weighted by atomic mass is 9.98. The number of nitrogens with zero attached hydrogens (tertiary/aromatic N) is 2. The molecule has 2 rings (SSSR count). The molecule has 0 radical (unpaired) electrons. The van der Waals surface area contributed by atoms with E-state index in [0.29, 0.717) is 0 Å². The van der Waals surface area contributed by atoms with E-state index in [0.717, 1.165) is 22.5 Å². The van der Waals surface area contributed by atoms with Crippen LogP contribution in [-0.2, 0) is 0 Å². The third-order valence-corrected chi connectivity index (χ3v) is 3.19. The van der Waals surface area contributed by atoms with E-state index in [4.69, 9.17) is 5.73 Å². The highest BCUT2D eigenvalue weighted by molar-refractivity contribution is 5.89. The molecule has 0 saturated heterocycles. The number of aromatic nitrogens is 2. The first-order valence-corrected chi connectivity index (χ1v) is 6.12. The monoisotopic (exact) mass is 255 g/mol. The lowest BCUT2D eigenvalue weighted by Crippen LogP contribution is -2.16. The molecule has 0 aliphatic heterocycles. The molecule has 0 unspecified atom stereocenters. The molecule has 98 valence electrons. The summed E-state index contributed by atoms with van der Waals surface area (Å²) in [7, 11) is 0. The largest absolute Gasteiger partial charge is 0.363 e. The van der Waals surface area contributed by atoms with E-state index in [1.54, 1.807) is 0 Å². The first kappa shape index (κ1) is 13.2. The average Bonchev–Trinajstić information content (AvgIpc) is 2.33. The molecular weight excluding hydrogens is 238 g/mol. The molecule has 0 aliphatic carbocycles. The zero-order valence-electron chi connectivity index (χ0n) is 11.6. The van der Waals surface area contributed by atoms with Crippen molar-refractivity contribution >= 4 is 5.91 Å². The number of primary amides is 1. The number of amides is 1. The minimum absolute atomic E-state index is 0.0626. The highest BCUT2D eigenvalue weighted by atomic mass is 16.1. The Morgan fingerprint density at radius 1 is 0.947 bits per heavy atom. The van der Waals surface area contributed by atoms with Gasteiger partial charge in [-0.05, 0) is 56.5 Å². The maximum absolute atomic E-state index is 11.2. The van der Waals surface area contributed by atoms with Crippen LogP contribution in [0.25, 0.3) is 11.3 Å². The first-order valence-electron chi connectivity index (χ1n) is 6.12. The predicted octanol–water partition coefficient (Wildman–Crippen LogP) is 2.48. The van der Waals surface area contributed by atoms with Crippen molar-refractivity contribution in [2.45, 2.75) is 27.7 Å². The van der Waals surface area contributed by atoms with Gasteiger partial charge in [-0.3, -0.25) is 4.79 Å². The van der Waals surface area contributed by atoms with Crippen molar-refractivity contribution in [1.82, 2.24) is 9.97 Å². The van der Waals surface area contributed by atoms with Gasteiger partial charge < -0.3 is 5.73 Å². The standard InChI is InChI=1S/C15H17N3O/c1-8-5-10(3)12(6-9(8)2)13-7-11(4)17-15(18-13)14(16)19/h5-7H,1-4H3,(H2,16,19). The van der Waals surface area contributed by atoms with Crippen LogP contribution in [0.5, 0.6) is 0 Å². The summed E-state index contributed by atoms with van der Waals surface area (Å²) in [6, 6.07) is 6.06. The third kappa shape index (κ3) is 2.62. The smallest absolute Gasteiger partial charge is 0.286 e. The zero-order valence-corrected chi connectivity index (χ0v) is 11.6. The van der Waals surface area contributed by atoms with Crippen molar-refractivity contribution in [3.8, 4) is 11.3 Å². The van der Waals surface area contributed by atoms with Gasteiger partial charge in [0.2, 0.25) is 5.82 Å². The Kier molecular flexibility index (Phi) is 3.34. The van der Waals surface area contributed by atoms with E-state index < -0.39 is 5.91 Å². The van der Waals surface area contributed by atoms with Crippen molar-refractivity contribution in [1.29, 1.82) is 0 Å². The van der Waals surface area contributed by atoms with E-state index in [2.05, 4.69) is 35.9 Å². The van der Waals surface area contributed by atoms with Gasteiger partial charge in [0, 0.05) is 11.3 Å². The van der Waals surface area contributed by atoms with Crippen molar-refractivity contribution in [3.05, 3.63) is 46.4 Å². The molecule has 0 atom stereocenters. The van der Waals surface area contributed by atoms with Gasteiger partial charge in [-0.25, -0.2) is 9.97 Å². The molecule has 1 aromatic carbocycles. The van der Waals surface area contributed by atoms with Crippen LogP contribution in [0.3, 0.4) is 0 Å². The predicted molar refractivity (Wildman–Crippen MR) is 74.9 cm³/mol. The SMILES string of the molecule is Cc1cc(-c2cc(C)c(C)cc2C)nc(C(N)=O)n1. The lowest BCUT2D eigenvalue weighted by Gasteiger charge is -2.10. The van der Waals surface area contributed by atoms with Crippen LogP contribution in [0.4, 0.5) is 0 Å². The number of nitrogens with two attached hydrogens (primary N) is 1. The highest BCUT2D eigenvalue weighted by Crippen LogP contribution is 2.25. The Morgan fingerprint density at radius 2 is 1.58 bits per heavy atom. The van der Waals surface area contributed by atoms with Gasteiger partial charge in [-0.1, -0.05) is 6.07 Å². The molecule has 1 amide bonds. The minimum Gasteiger partial charge on any atom is -0.363 e. The van der Waals surface area contributed by atoms with E-state index in [1.807, 2.05) is 19.9 Å². The molecule has 0 fully saturated rings. The Balaban J connectivity index is 2.65. The van der Waals surface area contributed by atoms with Crippen LogP contribution in [-0.4, -0.2) is 15.9 Å².